The first kappa shape index (κ1) is 16.2. The van der Waals surface area contributed by atoms with E-state index in [0.29, 0.717) is 17.2 Å². The number of phenols is 1. The van der Waals surface area contributed by atoms with E-state index in [1.165, 1.54) is 81.8 Å². The van der Waals surface area contributed by atoms with Crippen molar-refractivity contribution in [2.45, 2.75) is 94.4 Å². The summed E-state index contributed by atoms with van der Waals surface area (Å²) in [6.45, 7) is 3.54. The van der Waals surface area contributed by atoms with Crippen molar-refractivity contribution in [1.29, 1.82) is 0 Å². The Hall–Kier alpha value is -1.02. The molecule has 2 heteroatoms. The molecule has 2 bridgehead atoms. The lowest BCUT2D eigenvalue weighted by molar-refractivity contribution is 0.0793. The van der Waals surface area contributed by atoms with Crippen LogP contribution in [0, 0.1) is 5.92 Å². The number of nitrogens with one attached hydrogen (secondary N) is 1. The second kappa shape index (κ2) is 5.74. The van der Waals surface area contributed by atoms with Crippen LogP contribution in [0.25, 0.3) is 0 Å². The molecular weight excluding hydrogens is 306 g/mol. The Balaban J connectivity index is 1.62. The molecule has 1 aliphatic heterocycles. The van der Waals surface area contributed by atoms with Crippen molar-refractivity contribution in [2.75, 3.05) is 6.54 Å². The lowest BCUT2D eigenvalue weighted by Crippen LogP contribution is -2.59. The fraction of sp³-hybridized carbons (Fsp3) is 0.739. The van der Waals surface area contributed by atoms with Crippen molar-refractivity contribution >= 4 is 0 Å². The minimum absolute atomic E-state index is 0.182. The summed E-state index contributed by atoms with van der Waals surface area (Å²) in [7, 11) is 0. The van der Waals surface area contributed by atoms with Gasteiger partial charge in [-0.25, -0.2) is 0 Å². The lowest BCUT2D eigenvalue weighted by atomic mass is 9.52. The predicted octanol–water partition coefficient (Wildman–Crippen LogP) is 4.96. The molecule has 2 nitrogen and oxygen atoms in total. The highest BCUT2D eigenvalue weighted by atomic mass is 16.3. The molecule has 25 heavy (non-hydrogen) atoms. The highest BCUT2D eigenvalue weighted by molar-refractivity contribution is 5.51. The van der Waals surface area contributed by atoms with Gasteiger partial charge in [0, 0.05) is 17.0 Å². The van der Waals surface area contributed by atoms with Gasteiger partial charge >= 0.3 is 0 Å². The van der Waals surface area contributed by atoms with E-state index >= 15 is 0 Å². The zero-order chi connectivity index (χ0) is 17.1. The van der Waals surface area contributed by atoms with Gasteiger partial charge in [0.1, 0.15) is 5.75 Å². The van der Waals surface area contributed by atoms with Crippen LogP contribution in [0.4, 0.5) is 0 Å². The molecule has 2 saturated carbocycles. The van der Waals surface area contributed by atoms with Crippen molar-refractivity contribution < 1.29 is 5.11 Å². The van der Waals surface area contributed by atoms with Crippen molar-refractivity contribution in [3.05, 3.63) is 28.8 Å². The monoisotopic (exact) mass is 339 g/mol. The Labute approximate surface area is 152 Å². The Morgan fingerprint density at radius 2 is 1.76 bits per heavy atom. The van der Waals surface area contributed by atoms with Crippen molar-refractivity contribution in [2.24, 2.45) is 5.92 Å². The van der Waals surface area contributed by atoms with Crippen LogP contribution in [0.3, 0.4) is 0 Å². The molecule has 0 amide bonds. The van der Waals surface area contributed by atoms with Crippen LogP contribution >= 0.6 is 0 Å². The number of piperidine rings is 1. The summed E-state index contributed by atoms with van der Waals surface area (Å²) in [5.74, 6) is 1.39. The highest BCUT2D eigenvalue weighted by Gasteiger charge is 2.52. The van der Waals surface area contributed by atoms with Crippen LogP contribution in [-0.2, 0) is 17.3 Å². The number of fused-ring (bicyclic) bond motifs is 1. The van der Waals surface area contributed by atoms with Gasteiger partial charge < -0.3 is 10.4 Å². The molecule has 1 aromatic rings. The molecule has 3 aliphatic carbocycles. The van der Waals surface area contributed by atoms with Gasteiger partial charge in [-0.2, -0.15) is 0 Å². The molecule has 1 heterocycles. The number of phenolic OH excluding ortho intramolecular Hbond substituents is 1. The molecule has 4 aliphatic rings. The van der Waals surface area contributed by atoms with E-state index in [-0.39, 0.29) is 5.41 Å². The first-order chi connectivity index (χ1) is 12.1. The summed E-state index contributed by atoms with van der Waals surface area (Å²) in [4.78, 5) is 0. The highest BCUT2D eigenvalue weighted by Crippen LogP contribution is 2.55. The van der Waals surface area contributed by atoms with Gasteiger partial charge in [-0.3, -0.25) is 0 Å². The molecule has 0 aromatic heterocycles. The summed E-state index contributed by atoms with van der Waals surface area (Å²) in [5.41, 5.74) is 4.85. The summed E-state index contributed by atoms with van der Waals surface area (Å²) in [6.07, 6.45) is 14.3. The van der Waals surface area contributed by atoms with Gasteiger partial charge in [-0.1, -0.05) is 45.1 Å². The molecule has 0 radical (unpaired) electrons. The van der Waals surface area contributed by atoms with Gasteiger partial charge in [-0.05, 0) is 73.6 Å². The Morgan fingerprint density at radius 1 is 0.960 bits per heavy atom. The van der Waals surface area contributed by atoms with Gasteiger partial charge in [0.05, 0.1) is 0 Å². The second-order valence-electron chi connectivity index (χ2n) is 9.67. The topological polar surface area (TPSA) is 32.3 Å². The average molecular weight is 340 g/mol. The summed E-state index contributed by atoms with van der Waals surface area (Å²) in [5, 5.41) is 14.9. The minimum Gasteiger partial charge on any atom is -0.508 e. The molecule has 3 fully saturated rings. The van der Waals surface area contributed by atoms with Crippen molar-refractivity contribution in [1.82, 2.24) is 5.32 Å². The standard InChI is InChI=1S/C23H33NO/c1-22(8-4-2-5-9-22)19-13-16-14-20-17-7-3-6-10-23(17,11-12-24-20)18(16)15-21(19)25/h13,15,17,20,24-25H,2-12,14H2,1H3/t17-,20+,23+/m0/s1. The quantitative estimate of drug-likeness (QED) is 0.758. The fourth-order valence-electron chi connectivity index (χ4n) is 7.06. The number of hydrogen-bond donors (Lipinski definition) is 2. The van der Waals surface area contributed by atoms with Crippen LogP contribution in [-0.4, -0.2) is 17.7 Å². The zero-order valence-corrected chi connectivity index (χ0v) is 15.7. The number of aromatic hydroxyl groups is 1. The predicted molar refractivity (Wildman–Crippen MR) is 102 cm³/mol. The summed E-state index contributed by atoms with van der Waals surface area (Å²) >= 11 is 0. The van der Waals surface area contributed by atoms with Crippen LogP contribution in [0.1, 0.15) is 87.8 Å². The van der Waals surface area contributed by atoms with E-state index in [1.54, 1.807) is 5.56 Å². The van der Waals surface area contributed by atoms with Crippen molar-refractivity contribution in [3.8, 4) is 5.75 Å². The molecular formula is C23H33NO. The largest absolute Gasteiger partial charge is 0.508 e. The Bertz CT molecular complexity index is 671. The van der Waals surface area contributed by atoms with E-state index in [9.17, 15) is 5.11 Å². The SMILES string of the molecule is CC1(c2cc3c(cc2O)[C@@]24CCCC[C@H]2[C@@H](C3)NCC4)CCCCC1. The Kier molecular flexibility index (Phi) is 3.71. The first-order valence-corrected chi connectivity index (χ1v) is 10.7. The fourth-order valence-corrected chi connectivity index (χ4v) is 7.06. The van der Waals surface area contributed by atoms with E-state index in [1.807, 2.05) is 0 Å². The third-order valence-electron chi connectivity index (χ3n) is 8.37. The van der Waals surface area contributed by atoms with Gasteiger partial charge in [-0.15, -0.1) is 0 Å². The van der Waals surface area contributed by atoms with Crippen LogP contribution in [0.2, 0.25) is 0 Å². The molecule has 1 saturated heterocycles. The molecule has 0 unspecified atom stereocenters. The van der Waals surface area contributed by atoms with Gasteiger partial charge in [0.2, 0.25) is 0 Å². The molecule has 1 aromatic carbocycles. The van der Waals surface area contributed by atoms with Gasteiger partial charge in [0.25, 0.3) is 0 Å². The Morgan fingerprint density at radius 3 is 2.60 bits per heavy atom. The van der Waals surface area contributed by atoms with E-state index in [4.69, 9.17) is 0 Å². The summed E-state index contributed by atoms with van der Waals surface area (Å²) < 4.78 is 0. The molecule has 3 atom stereocenters. The second-order valence-corrected chi connectivity index (χ2v) is 9.67. The molecule has 2 N–H and O–H groups in total. The van der Waals surface area contributed by atoms with Gasteiger partial charge in [0.15, 0.2) is 0 Å². The normalized spacial score (nSPS) is 36.4. The van der Waals surface area contributed by atoms with Crippen LogP contribution in [0.15, 0.2) is 12.1 Å². The average Bonchev–Trinajstić information content (AvgIpc) is 2.62. The van der Waals surface area contributed by atoms with Crippen molar-refractivity contribution in [3.63, 3.8) is 0 Å². The summed E-state index contributed by atoms with van der Waals surface area (Å²) in [6, 6.07) is 5.32. The number of rotatable bonds is 1. The molecule has 5 rings (SSSR count). The number of hydrogen-bond acceptors (Lipinski definition) is 2. The zero-order valence-electron chi connectivity index (χ0n) is 15.7. The smallest absolute Gasteiger partial charge is 0.119 e. The van der Waals surface area contributed by atoms with Crippen LogP contribution < -0.4 is 5.32 Å². The minimum atomic E-state index is 0.182. The van der Waals surface area contributed by atoms with E-state index in [0.717, 1.165) is 12.5 Å². The third-order valence-corrected chi connectivity index (χ3v) is 8.37. The first-order valence-electron chi connectivity index (χ1n) is 10.7. The van der Waals surface area contributed by atoms with E-state index in [2.05, 4.69) is 24.4 Å². The maximum atomic E-state index is 11.1. The third kappa shape index (κ3) is 2.32. The van der Waals surface area contributed by atoms with Crippen LogP contribution in [0.5, 0.6) is 5.75 Å². The maximum absolute atomic E-state index is 11.1. The van der Waals surface area contributed by atoms with E-state index < -0.39 is 0 Å². The maximum Gasteiger partial charge on any atom is 0.119 e. The number of benzene rings is 1. The molecule has 0 spiro atoms. The molecule has 136 valence electrons. The lowest BCUT2D eigenvalue weighted by Gasteiger charge is -2.56.